The number of carbonyl (C=O) groups excluding carboxylic acids is 1. The fourth-order valence-corrected chi connectivity index (χ4v) is 4.46. The maximum atomic E-state index is 11.6. The van der Waals surface area contributed by atoms with E-state index in [1.165, 1.54) is 18.6 Å². The van der Waals surface area contributed by atoms with E-state index in [-0.39, 0.29) is 11.7 Å². The topological polar surface area (TPSA) is 56.0 Å². The first-order valence-electron chi connectivity index (χ1n) is 5.90. The lowest BCUT2D eigenvalue weighted by Gasteiger charge is -2.17. The van der Waals surface area contributed by atoms with Crippen LogP contribution in [0, 0.1) is 0 Å². The summed E-state index contributed by atoms with van der Waals surface area (Å²) in [6.07, 6.45) is 3.64. The number of carbonyl (C=O) groups is 1. The van der Waals surface area contributed by atoms with Gasteiger partial charge in [0.25, 0.3) is 0 Å². The average Bonchev–Trinajstić information content (AvgIpc) is 2.98. The van der Waals surface area contributed by atoms with Crippen LogP contribution in [0.3, 0.4) is 0 Å². The summed E-state index contributed by atoms with van der Waals surface area (Å²) in [5, 5.41) is 4.42. The predicted molar refractivity (Wildman–Crippen MR) is 68.4 cm³/mol. The third-order valence-corrected chi connectivity index (χ3v) is 5.57. The summed E-state index contributed by atoms with van der Waals surface area (Å²) in [6, 6.07) is 0. The van der Waals surface area contributed by atoms with E-state index in [9.17, 15) is 4.79 Å². The Morgan fingerprint density at radius 2 is 2.29 bits per heavy atom. The smallest absolute Gasteiger partial charge is 0.238 e. The van der Waals surface area contributed by atoms with Crippen molar-refractivity contribution < 1.29 is 9.32 Å². The van der Waals surface area contributed by atoms with Crippen molar-refractivity contribution in [3.8, 4) is 0 Å². The lowest BCUT2D eigenvalue weighted by molar-refractivity contribution is -0.117. The van der Waals surface area contributed by atoms with Gasteiger partial charge >= 0.3 is 0 Å². The number of hydrogen-bond acceptors (Lipinski definition) is 6. The highest BCUT2D eigenvalue weighted by atomic mass is 32.2. The molecule has 2 saturated heterocycles. The quantitative estimate of drug-likeness (QED) is 0.822. The van der Waals surface area contributed by atoms with Gasteiger partial charge in [-0.05, 0) is 18.6 Å². The molecule has 2 atom stereocenters. The van der Waals surface area contributed by atoms with Crippen LogP contribution in [0.4, 0.5) is 0 Å². The number of Topliss-reactive ketones (excluding diaryl/α,β-unsaturated/α-hetero) is 1. The second kappa shape index (κ2) is 5.02. The fourth-order valence-electron chi connectivity index (χ4n) is 2.14. The zero-order valence-electron chi connectivity index (χ0n) is 9.42. The molecule has 3 rings (SSSR count). The highest BCUT2D eigenvalue weighted by molar-refractivity contribution is 8.00. The van der Waals surface area contributed by atoms with Crippen LogP contribution in [0.25, 0.3) is 0 Å². The summed E-state index contributed by atoms with van der Waals surface area (Å²) >= 11 is 3.55. The molecule has 1 aromatic rings. The van der Waals surface area contributed by atoms with Gasteiger partial charge in [-0.1, -0.05) is 11.6 Å². The lowest BCUT2D eigenvalue weighted by atomic mass is 10.1. The Bertz CT molecular complexity index is 415. The first kappa shape index (κ1) is 11.6. The summed E-state index contributed by atoms with van der Waals surface area (Å²) in [6.45, 7) is 0. The van der Waals surface area contributed by atoms with Gasteiger partial charge in [-0.15, -0.1) is 0 Å². The number of nitrogens with zero attached hydrogens (tertiary/aromatic N) is 2. The maximum Gasteiger partial charge on any atom is 0.238 e. The van der Waals surface area contributed by atoms with Gasteiger partial charge in [-0.2, -0.15) is 28.5 Å². The summed E-state index contributed by atoms with van der Waals surface area (Å²) < 4.78 is 5.26. The number of thioether (sulfide) groups is 2. The predicted octanol–water partition coefficient (Wildman–Crippen LogP) is 2.43. The Hall–Kier alpha value is -0.490. The molecule has 0 aromatic carbocycles. The van der Waals surface area contributed by atoms with Gasteiger partial charge in [0.1, 0.15) is 5.92 Å². The van der Waals surface area contributed by atoms with Crippen LogP contribution in [0.15, 0.2) is 4.52 Å². The van der Waals surface area contributed by atoms with Crippen molar-refractivity contribution in [2.45, 2.75) is 30.4 Å². The van der Waals surface area contributed by atoms with Crippen molar-refractivity contribution in [1.82, 2.24) is 10.1 Å². The van der Waals surface area contributed by atoms with Gasteiger partial charge in [-0.25, -0.2) is 0 Å². The molecule has 0 saturated carbocycles. The van der Waals surface area contributed by atoms with E-state index >= 15 is 0 Å². The van der Waals surface area contributed by atoms with Crippen LogP contribution < -0.4 is 0 Å². The second-order valence-electron chi connectivity index (χ2n) is 4.38. The number of hydrogen-bond donors (Lipinski definition) is 0. The molecule has 0 bridgehead atoms. The molecular formula is C11H14N2O2S2. The third-order valence-electron chi connectivity index (χ3n) is 3.14. The molecule has 2 unspecified atom stereocenters. The molecule has 0 N–H and O–H groups in total. The first-order valence-corrected chi connectivity index (χ1v) is 8.10. The minimum Gasteiger partial charge on any atom is -0.338 e. The van der Waals surface area contributed by atoms with Crippen LogP contribution >= 0.6 is 23.5 Å². The van der Waals surface area contributed by atoms with Gasteiger partial charge in [0, 0.05) is 5.75 Å². The van der Waals surface area contributed by atoms with Gasteiger partial charge < -0.3 is 4.52 Å². The van der Waals surface area contributed by atoms with E-state index in [4.69, 9.17) is 4.52 Å². The zero-order valence-corrected chi connectivity index (χ0v) is 11.1. The normalized spacial score (nSPS) is 29.8. The molecule has 4 nitrogen and oxygen atoms in total. The second-order valence-corrected chi connectivity index (χ2v) is 6.72. The summed E-state index contributed by atoms with van der Waals surface area (Å²) in [5.41, 5.74) is 0. The largest absolute Gasteiger partial charge is 0.338 e. The van der Waals surface area contributed by atoms with E-state index in [0.717, 1.165) is 18.0 Å². The average molecular weight is 270 g/mol. The van der Waals surface area contributed by atoms with Crippen molar-refractivity contribution in [1.29, 1.82) is 0 Å². The molecule has 0 aliphatic carbocycles. The van der Waals surface area contributed by atoms with Crippen LogP contribution in [0.2, 0.25) is 0 Å². The molecule has 0 spiro atoms. The minimum atomic E-state index is -0.158. The Morgan fingerprint density at radius 1 is 1.35 bits per heavy atom. The molecule has 2 aliphatic heterocycles. The van der Waals surface area contributed by atoms with Crippen molar-refractivity contribution in [2.75, 3.05) is 17.3 Å². The van der Waals surface area contributed by atoms with Crippen LogP contribution in [0.5, 0.6) is 0 Å². The Balaban J connectivity index is 1.75. The van der Waals surface area contributed by atoms with E-state index in [0.29, 0.717) is 16.9 Å². The SMILES string of the molecule is O=C1CSCC1c1nc(C2CCCCS2)no1. The third kappa shape index (κ3) is 2.38. The summed E-state index contributed by atoms with van der Waals surface area (Å²) in [5.74, 6) is 3.93. The number of aromatic nitrogens is 2. The van der Waals surface area contributed by atoms with E-state index < -0.39 is 0 Å². The highest BCUT2D eigenvalue weighted by Gasteiger charge is 2.32. The molecule has 0 amide bonds. The highest BCUT2D eigenvalue weighted by Crippen LogP contribution is 2.37. The number of ketones is 1. The molecule has 17 heavy (non-hydrogen) atoms. The van der Waals surface area contributed by atoms with Crippen LogP contribution in [-0.4, -0.2) is 33.2 Å². The van der Waals surface area contributed by atoms with Crippen molar-refractivity contribution in [2.24, 2.45) is 0 Å². The lowest BCUT2D eigenvalue weighted by Crippen LogP contribution is -2.10. The Labute approximate surface area is 108 Å². The molecular weight excluding hydrogens is 256 g/mol. The van der Waals surface area contributed by atoms with Crippen LogP contribution in [0.1, 0.15) is 42.1 Å². The first-order chi connectivity index (χ1) is 8.34. The molecule has 2 fully saturated rings. The van der Waals surface area contributed by atoms with Gasteiger partial charge in [-0.3, -0.25) is 4.79 Å². The van der Waals surface area contributed by atoms with E-state index in [1.54, 1.807) is 11.8 Å². The van der Waals surface area contributed by atoms with Gasteiger partial charge in [0.2, 0.25) is 5.89 Å². The standard InChI is InChI=1S/C11H14N2O2S2/c14-8-6-16-5-7(8)11-12-10(13-15-11)9-3-1-2-4-17-9/h7,9H,1-6H2. The molecule has 6 heteroatoms. The minimum absolute atomic E-state index is 0.158. The molecule has 2 aliphatic rings. The van der Waals surface area contributed by atoms with Crippen molar-refractivity contribution in [3.05, 3.63) is 11.7 Å². The van der Waals surface area contributed by atoms with E-state index in [2.05, 4.69) is 10.1 Å². The van der Waals surface area contributed by atoms with Crippen molar-refractivity contribution >= 4 is 29.3 Å². The monoisotopic (exact) mass is 270 g/mol. The number of rotatable bonds is 2. The maximum absolute atomic E-state index is 11.6. The summed E-state index contributed by atoms with van der Waals surface area (Å²) in [7, 11) is 0. The van der Waals surface area contributed by atoms with Crippen LogP contribution in [-0.2, 0) is 4.79 Å². The zero-order chi connectivity index (χ0) is 11.7. The molecule has 0 radical (unpaired) electrons. The Morgan fingerprint density at radius 3 is 3.00 bits per heavy atom. The molecule has 92 valence electrons. The molecule has 1 aromatic heterocycles. The van der Waals surface area contributed by atoms with Gasteiger partial charge in [0.15, 0.2) is 11.6 Å². The summed E-state index contributed by atoms with van der Waals surface area (Å²) in [4.78, 5) is 16.0. The fraction of sp³-hybridized carbons (Fsp3) is 0.727. The molecule has 3 heterocycles. The van der Waals surface area contributed by atoms with E-state index in [1.807, 2.05) is 11.8 Å². The van der Waals surface area contributed by atoms with Gasteiger partial charge in [0.05, 0.1) is 11.0 Å². The Kier molecular flexibility index (Phi) is 3.42. The van der Waals surface area contributed by atoms with Crippen molar-refractivity contribution in [3.63, 3.8) is 0 Å².